The average Bonchev–Trinajstić information content (AvgIpc) is 2.65. The highest BCUT2D eigenvalue weighted by molar-refractivity contribution is 6.06. The van der Waals surface area contributed by atoms with Crippen molar-refractivity contribution < 1.29 is 9.18 Å². The smallest absolute Gasteiger partial charge is 0.252 e. The van der Waals surface area contributed by atoms with Crippen LogP contribution in [0.3, 0.4) is 0 Å². The van der Waals surface area contributed by atoms with Crippen LogP contribution >= 0.6 is 0 Å². The molecule has 5 heteroatoms. The maximum absolute atomic E-state index is 13.5. The number of aryl methyl sites for hydroxylation is 1. The molecule has 0 aliphatic carbocycles. The summed E-state index contributed by atoms with van der Waals surface area (Å²) in [5.74, 6) is -0.547. The number of hydrogen-bond acceptors (Lipinski definition) is 3. The molecule has 1 N–H and O–H groups in total. The molecule has 0 spiro atoms. The third kappa shape index (κ3) is 4.54. The Labute approximate surface area is 165 Å². The first kappa shape index (κ1) is 20.0. The van der Waals surface area contributed by atoms with Gasteiger partial charge in [-0.15, -0.1) is 0 Å². The van der Waals surface area contributed by atoms with Crippen molar-refractivity contribution in [2.45, 2.75) is 39.9 Å². The van der Waals surface area contributed by atoms with Gasteiger partial charge >= 0.3 is 0 Å². The normalized spacial score (nSPS) is 11.4. The molecule has 3 rings (SSSR count). The largest absolute Gasteiger partial charge is 0.348 e. The number of pyridine rings is 1. The summed E-state index contributed by atoms with van der Waals surface area (Å²) in [5, 5.41) is 3.66. The number of aromatic nitrogens is 1. The first-order valence-electron chi connectivity index (χ1n) is 9.47. The molecule has 4 nitrogen and oxygen atoms in total. The Morgan fingerprint density at radius 1 is 1.14 bits per heavy atom. The zero-order valence-electron chi connectivity index (χ0n) is 16.8. The second-order valence-corrected chi connectivity index (χ2v) is 7.43. The Hall–Kier alpha value is -2.79. The molecule has 2 aromatic carbocycles. The lowest BCUT2D eigenvalue weighted by Crippen LogP contribution is -2.28. The van der Waals surface area contributed by atoms with E-state index in [1.807, 2.05) is 18.2 Å². The number of amides is 1. The van der Waals surface area contributed by atoms with Crippen molar-refractivity contribution in [1.82, 2.24) is 15.2 Å². The summed E-state index contributed by atoms with van der Waals surface area (Å²) in [4.78, 5) is 19.5. The molecule has 146 valence electrons. The summed E-state index contributed by atoms with van der Waals surface area (Å²) in [6.07, 6.45) is 0. The standard InChI is InChI=1S/C23H26FN3O/c1-15(2)27(4)14-18-8-6-5-7-17(18)13-25-23(28)21-11-16(3)26-22-12-19(24)9-10-20(21)22/h5-12,15H,13-14H2,1-4H3,(H,25,28). The highest BCUT2D eigenvalue weighted by Gasteiger charge is 2.14. The molecule has 1 aromatic heterocycles. The van der Waals surface area contributed by atoms with Crippen LogP contribution in [0.2, 0.25) is 0 Å². The summed E-state index contributed by atoms with van der Waals surface area (Å²) < 4.78 is 13.5. The van der Waals surface area contributed by atoms with Crippen LogP contribution in [0.4, 0.5) is 4.39 Å². The lowest BCUT2D eigenvalue weighted by atomic mass is 10.0. The third-order valence-corrected chi connectivity index (χ3v) is 5.00. The zero-order valence-corrected chi connectivity index (χ0v) is 16.8. The van der Waals surface area contributed by atoms with Crippen LogP contribution in [-0.2, 0) is 13.1 Å². The molecule has 0 unspecified atom stereocenters. The van der Waals surface area contributed by atoms with E-state index >= 15 is 0 Å². The van der Waals surface area contributed by atoms with Crippen LogP contribution in [-0.4, -0.2) is 28.9 Å². The van der Waals surface area contributed by atoms with Gasteiger partial charge in [0.05, 0.1) is 11.1 Å². The molecule has 3 aromatic rings. The van der Waals surface area contributed by atoms with Gasteiger partial charge in [0.1, 0.15) is 5.82 Å². The number of carbonyl (C=O) groups excluding carboxylic acids is 1. The Kier molecular flexibility index (Phi) is 6.05. The van der Waals surface area contributed by atoms with Gasteiger partial charge in [-0.2, -0.15) is 0 Å². The van der Waals surface area contributed by atoms with Gasteiger partial charge in [0.2, 0.25) is 0 Å². The molecular formula is C23H26FN3O. The van der Waals surface area contributed by atoms with Crippen LogP contribution in [0, 0.1) is 12.7 Å². The van der Waals surface area contributed by atoms with E-state index in [-0.39, 0.29) is 11.7 Å². The predicted octanol–water partition coefficient (Wildman–Crippen LogP) is 4.45. The van der Waals surface area contributed by atoms with Gasteiger partial charge in [0.25, 0.3) is 5.91 Å². The van der Waals surface area contributed by atoms with Crippen molar-refractivity contribution in [3.63, 3.8) is 0 Å². The minimum Gasteiger partial charge on any atom is -0.348 e. The fourth-order valence-corrected chi connectivity index (χ4v) is 3.13. The van der Waals surface area contributed by atoms with Gasteiger partial charge < -0.3 is 5.32 Å². The van der Waals surface area contributed by atoms with Crippen molar-refractivity contribution in [1.29, 1.82) is 0 Å². The van der Waals surface area contributed by atoms with E-state index in [9.17, 15) is 9.18 Å². The Balaban J connectivity index is 1.81. The van der Waals surface area contributed by atoms with E-state index in [0.717, 1.165) is 12.1 Å². The second kappa shape index (κ2) is 8.48. The average molecular weight is 379 g/mol. The Bertz CT molecular complexity index is 995. The van der Waals surface area contributed by atoms with Crippen molar-refractivity contribution in [2.24, 2.45) is 0 Å². The second-order valence-electron chi connectivity index (χ2n) is 7.43. The minimum atomic E-state index is -0.361. The fraction of sp³-hybridized carbons (Fsp3) is 0.304. The van der Waals surface area contributed by atoms with E-state index in [4.69, 9.17) is 0 Å². The van der Waals surface area contributed by atoms with Gasteiger partial charge in [0.15, 0.2) is 0 Å². The van der Waals surface area contributed by atoms with Crippen LogP contribution in [0.15, 0.2) is 48.5 Å². The molecule has 0 saturated carbocycles. The Morgan fingerprint density at radius 3 is 2.57 bits per heavy atom. The highest BCUT2D eigenvalue weighted by atomic mass is 19.1. The molecule has 1 amide bonds. The maximum Gasteiger partial charge on any atom is 0.252 e. The van der Waals surface area contributed by atoms with Crippen molar-refractivity contribution in [2.75, 3.05) is 7.05 Å². The minimum absolute atomic E-state index is 0.186. The number of nitrogens with zero attached hydrogens (tertiary/aromatic N) is 2. The van der Waals surface area contributed by atoms with Gasteiger partial charge in [-0.25, -0.2) is 4.39 Å². The summed E-state index contributed by atoms with van der Waals surface area (Å²) in [6.45, 7) is 7.37. The molecule has 0 bridgehead atoms. The SMILES string of the molecule is Cc1cc(C(=O)NCc2ccccc2CN(C)C(C)C)c2ccc(F)cc2n1. The molecule has 0 saturated heterocycles. The number of fused-ring (bicyclic) bond motifs is 1. The molecule has 0 radical (unpaired) electrons. The lowest BCUT2D eigenvalue weighted by Gasteiger charge is -2.22. The fourth-order valence-electron chi connectivity index (χ4n) is 3.13. The van der Waals surface area contributed by atoms with Gasteiger partial charge in [-0.3, -0.25) is 14.7 Å². The highest BCUT2D eigenvalue weighted by Crippen LogP contribution is 2.20. The first-order chi connectivity index (χ1) is 13.3. The molecule has 0 aliphatic heterocycles. The molecule has 28 heavy (non-hydrogen) atoms. The molecule has 1 heterocycles. The van der Waals surface area contributed by atoms with Gasteiger partial charge in [0, 0.05) is 36.3 Å². The lowest BCUT2D eigenvalue weighted by molar-refractivity contribution is 0.0952. The van der Waals surface area contributed by atoms with Crippen LogP contribution in [0.25, 0.3) is 10.9 Å². The summed E-state index contributed by atoms with van der Waals surface area (Å²) >= 11 is 0. The number of rotatable bonds is 6. The number of halogens is 1. The Morgan fingerprint density at radius 2 is 1.86 bits per heavy atom. The first-order valence-corrected chi connectivity index (χ1v) is 9.47. The quantitative estimate of drug-likeness (QED) is 0.688. The van der Waals surface area contributed by atoms with Crippen molar-refractivity contribution in [3.05, 3.63) is 76.7 Å². The summed E-state index contributed by atoms with van der Waals surface area (Å²) in [7, 11) is 2.09. The summed E-state index contributed by atoms with van der Waals surface area (Å²) in [6, 6.07) is 14.6. The van der Waals surface area contributed by atoms with E-state index in [0.29, 0.717) is 34.7 Å². The van der Waals surface area contributed by atoms with Gasteiger partial charge in [-0.05, 0) is 57.1 Å². The van der Waals surface area contributed by atoms with Gasteiger partial charge in [-0.1, -0.05) is 24.3 Å². The van der Waals surface area contributed by atoms with Crippen LogP contribution in [0.1, 0.15) is 41.0 Å². The molecule has 0 atom stereocenters. The summed E-state index contributed by atoms with van der Waals surface area (Å²) in [5.41, 5.74) is 3.96. The molecule has 0 aliphatic rings. The van der Waals surface area contributed by atoms with Crippen LogP contribution < -0.4 is 5.32 Å². The number of carbonyl (C=O) groups is 1. The topological polar surface area (TPSA) is 45.2 Å². The van der Waals surface area contributed by atoms with Crippen LogP contribution in [0.5, 0.6) is 0 Å². The third-order valence-electron chi connectivity index (χ3n) is 5.00. The van der Waals surface area contributed by atoms with Crippen molar-refractivity contribution >= 4 is 16.8 Å². The van der Waals surface area contributed by atoms with E-state index < -0.39 is 0 Å². The monoisotopic (exact) mass is 379 g/mol. The predicted molar refractivity (Wildman–Crippen MR) is 111 cm³/mol. The molecular weight excluding hydrogens is 353 g/mol. The van der Waals surface area contributed by atoms with Crippen molar-refractivity contribution in [3.8, 4) is 0 Å². The number of benzene rings is 2. The molecule has 0 fully saturated rings. The van der Waals surface area contributed by atoms with E-state index in [2.05, 4.69) is 42.2 Å². The number of nitrogens with one attached hydrogen (secondary N) is 1. The number of hydrogen-bond donors (Lipinski definition) is 1. The van der Waals surface area contributed by atoms with E-state index in [1.54, 1.807) is 19.1 Å². The van der Waals surface area contributed by atoms with E-state index in [1.165, 1.54) is 17.7 Å². The zero-order chi connectivity index (χ0) is 20.3. The maximum atomic E-state index is 13.5.